The van der Waals surface area contributed by atoms with Crippen LogP contribution in [0.1, 0.15) is 20.3 Å². The van der Waals surface area contributed by atoms with Crippen molar-refractivity contribution >= 4 is 19.9 Å². The van der Waals surface area contributed by atoms with E-state index in [0.29, 0.717) is 6.42 Å². The molecule has 1 aromatic carbocycles. The minimum atomic E-state index is -4.07. The van der Waals surface area contributed by atoms with Crippen LogP contribution in [-0.4, -0.2) is 29.1 Å². The maximum Gasteiger partial charge on any atom is 0.243 e. The highest BCUT2D eigenvalue weighted by molar-refractivity contribution is 7.91. The minimum absolute atomic E-state index is 0.155. The topological polar surface area (TPSA) is 80.3 Å². The predicted octanol–water partition coefficient (Wildman–Crippen LogP) is 1.31. The standard InChI is InChI=1S/C12H16FNO4S2/c1-12(2)7-11(12)14-20(17,18)10-6-8(19(3,15)16)4-5-9(10)13/h4-6,11,14H,7H2,1-3H3. The van der Waals surface area contributed by atoms with E-state index in [-0.39, 0.29) is 16.4 Å². The van der Waals surface area contributed by atoms with Gasteiger partial charge in [-0.05, 0) is 30.0 Å². The van der Waals surface area contributed by atoms with E-state index >= 15 is 0 Å². The third-order valence-electron chi connectivity index (χ3n) is 3.43. The van der Waals surface area contributed by atoms with Gasteiger partial charge in [-0.1, -0.05) is 13.8 Å². The Morgan fingerprint density at radius 2 is 1.80 bits per heavy atom. The summed E-state index contributed by atoms with van der Waals surface area (Å²) in [5.41, 5.74) is -0.155. The van der Waals surface area contributed by atoms with Gasteiger partial charge in [0.15, 0.2) is 9.84 Å². The highest BCUT2D eigenvalue weighted by Gasteiger charge is 2.48. The zero-order chi connectivity index (χ0) is 15.3. The number of sulfonamides is 1. The van der Waals surface area contributed by atoms with Crippen LogP contribution in [0.15, 0.2) is 28.0 Å². The Morgan fingerprint density at radius 3 is 2.25 bits per heavy atom. The molecule has 5 nitrogen and oxygen atoms in total. The molecule has 1 aliphatic rings. The van der Waals surface area contributed by atoms with Crippen LogP contribution >= 0.6 is 0 Å². The van der Waals surface area contributed by atoms with Crippen molar-refractivity contribution in [2.75, 3.05) is 6.26 Å². The highest BCUT2D eigenvalue weighted by atomic mass is 32.2. The molecule has 2 rings (SSSR count). The van der Waals surface area contributed by atoms with Crippen LogP contribution in [0, 0.1) is 11.2 Å². The molecule has 0 spiro atoms. The smallest absolute Gasteiger partial charge is 0.224 e. The van der Waals surface area contributed by atoms with Gasteiger partial charge in [-0.2, -0.15) is 0 Å². The van der Waals surface area contributed by atoms with Crippen LogP contribution in [0.25, 0.3) is 0 Å². The third kappa shape index (κ3) is 3.02. The molecule has 112 valence electrons. The van der Waals surface area contributed by atoms with E-state index in [2.05, 4.69) is 4.72 Å². The summed E-state index contributed by atoms with van der Waals surface area (Å²) in [5.74, 6) is -0.969. The molecule has 1 fully saturated rings. The second kappa shape index (κ2) is 4.51. The van der Waals surface area contributed by atoms with Gasteiger partial charge < -0.3 is 0 Å². The number of rotatable bonds is 4. The second-order valence-corrected chi connectivity index (χ2v) is 9.43. The van der Waals surface area contributed by atoms with E-state index in [1.807, 2.05) is 13.8 Å². The molecule has 1 aromatic rings. The molecule has 0 heterocycles. The van der Waals surface area contributed by atoms with Crippen molar-refractivity contribution in [3.05, 3.63) is 24.0 Å². The average Bonchev–Trinajstić information content (AvgIpc) is 2.83. The zero-order valence-corrected chi connectivity index (χ0v) is 13.0. The Labute approximate surface area is 118 Å². The van der Waals surface area contributed by atoms with E-state index in [1.165, 1.54) is 0 Å². The fraction of sp³-hybridized carbons (Fsp3) is 0.500. The molecule has 1 saturated carbocycles. The SMILES string of the molecule is CC1(C)CC1NS(=O)(=O)c1cc(S(C)(=O)=O)ccc1F. The molecule has 1 aliphatic carbocycles. The fourth-order valence-electron chi connectivity index (χ4n) is 1.84. The largest absolute Gasteiger partial charge is 0.243 e. The summed E-state index contributed by atoms with van der Waals surface area (Å²) in [6, 6.07) is 2.49. The number of sulfone groups is 1. The summed E-state index contributed by atoms with van der Waals surface area (Å²) in [5, 5.41) is 0. The molecule has 1 N–H and O–H groups in total. The molecule has 1 atom stereocenters. The van der Waals surface area contributed by atoms with Crippen LogP contribution in [0.4, 0.5) is 4.39 Å². The molecule has 0 radical (unpaired) electrons. The van der Waals surface area contributed by atoms with E-state index in [1.54, 1.807) is 0 Å². The van der Waals surface area contributed by atoms with Crippen LogP contribution in [0.2, 0.25) is 0 Å². The molecule has 8 heteroatoms. The van der Waals surface area contributed by atoms with Crippen molar-refractivity contribution in [2.24, 2.45) is 5.41 Å². The van der Waals surface area contributed by atoms with Crippen molar-refractivity contribution in [3.63, 3.8) is 0 Å². The molecular formula is C12H16FNO4S2. The van der Waals surface area contributed by atoms with Gasteiger partial charge in [-0.15, -0.1) is 0 Å². The first kappa shape index (κ1) is 15.4. The average molecular weight is 321 g/mol. The lowest BCUT2D eigenvalue weighted by molar-refractivity contribution is 0.539. The van der Waals surface area contributed by atoms with Crippen molar-refractivity contribution in [3.8, 4) is 0 Å². The summed E-state index contributed by atoms with van der Waals surface area (Å²) in [4.78, 5) is -0.863. The van der Waals surface area contributed by atoms with Gasteiger partial charge in [0.1, 0.15) is 10.7 Å². The number of benzene rings is 1. The van der Waals surface area contributed by atoms with Crippen molar-refractivity contribution in [1.82, 2.24) is 4.72 Å². The molecule has 0 aromatic heterocycles. The summed E-state index contributed by atoms with van der Waals surface area (Å²) in [7, 11) is -7.67. The monoisotopic (exact) mass is 321 g/mol. The zero-order valence-electron chi connectivity index (χ0n) is 11.3. The Kier molecular flexibility index (Phi) is 3.47. The van der Waals surface area contributed by atoms with Crippen molar-refractivity contribution < 1.29 is 21.2 Å². The Balaban J connectivity index is 2.41. The van der Waals surface area contributed by atoms with E-state index in [9.17, 15) is 21.2 Å². The van der Waals surface area contributed by atoms with Gasteiger partial charge in [-0.3, -0.25) is 0 Å². The van der Waals surface area contributed by atoms with Crippen molar-refractivity contribution in [2.45, 2.75) is 36.1 Å². The molecule has 0 aliphatic heterocycles. The van der Waals surface area contributed by atoms with Crippen LogP contribution in [-0.2, 0) is 19.9 Å². The van der Waals surface area contributed by atoms with E-state index in [0.717, 1.165) is 24.5 Å². The normalized spacial score (nSPS) is 21.7. The first-order valence-corrected chi connectivity index (χ1v) is 9.33. The first-order chi connectivity index (χ1) is 8.93. The predicted molar refractivity (Wildman–Crippen MR) is 72.0 cm³/mol. The lowest BCUT2D eigenvalue weighted by Gasteiger charge is -2.10. The molecular weight excluding hydrogens is 305 g/mol. The summed E-state index contributed by atoms with van der Waals surface area (Å²) in [6.07, 6.45) is 1.60. The summed E-state index contributed by atoms with van der Waals surface area (Å²) < 4.78 is 63.2. The summed E-state index contributed by atoms with van der Waals surface area (Å²) in [6.45, 7) is 3.78. The molecule has 0 amide bonds. The van der Waals surface area contributed by atoms with Gasteiger partial charge in [0.25, 0.3) is 0 Å². The fourth-order valence-corrected chi connectivity index (χ4v) is 4.07. The first-order valence-electron chi connectivity index (χ1n) is 5.95. The number of nitrogens with one attached hydrogen (secondary N) is 1. The lowest BCUT2D eigenvalue weighted by Crippen LogP contribution is -2.29. The number of hydrogen-bond acceptors (Lipinski definition) is 4. The molecule has 0 bridgehead atoms. The Morgan fingerprint density at radius 1 is 1.25 bits per heavy atom. The Hall–Kier alpha value is -0.990. The van der Waals surface area contributed by atoms with Gasteiger partial charge in [-0.25, -0.2) is 25.9 Å². The van der Waals surface area contributed by atoms with Crippen molar-refractivity contribution in [1.29, 1.82) is 0 Å². The maximum atomic E-state index is 13.7. The quantitative estimate of drug-likeness (QED) is 0.848. The van der Waals surface area contributed by atoms with E-state index < -0.39 is 30.6 Å². The number of hydrogen-bond donors (Lipinski definition) is 1. The van der Waals surface area contributed by atoms with Crippen LogP contribution < -0.4 is 4.72 Å². The Bertz CT molecular complexity index is 754. The second-order valence-electron chi connectivity index (χ2n) is 5.73. The molecule has 0 saturated heterocycles. The van der Waals surface area contributed by atoms with Gasteiger partial charge >= 0.3 is 0 Å². The highest BCUT2D eigenvalue weighted by Crippen LogP contribution is 2.45. The minimum Gasteiger partial charge on any atom is -0.224 e. The molecule has 20 heavy (non-hydrogen) atoms. The van der Waals surface area contributed by atoms with E-state index in [4.69, 9.17) is 0 Å². The van der Waals surface area contributed by atoms with Crippen LogP contribution in [0.3, 0.4) is 0 Å². The van der Waals surface area contributed by atoms with Gasteiger partial charge in [0.05, 0.1) is 4.90 Å². The summed E-state index contributed by atoms with van der Waals surface area (Å²) >= 11 is 0. The number of halogens is 1. The van der Waals surface area contributed by atoms with Gasteiger partial charge in [0, 0.05) is 12.3 Å². The van der Waals surface area contributed by atoms with Crippen LogP contribution in [0.5, 0.6) is 0 Å². The maximum absolute atomic E-state index is 13.7. The lowest BCUT2D eigenvalue weighted by atomic mass is 10.2. The molecule has 1 unspecified atom stereocenters. The van der Waals surface area contributed by atoms with Gasteiger partial charge in [0.2, 0.25) is 10.0 Å². The third-order valence-corrected chi connectivity index (χ3v) is 6.03.